The zero-order valence-electron chi connectivity index (χ0n) is 16.1. The Morgan fingerprint density at radius 2 is 1.63 bits per heavy atom. The van der Waals surface area contributed by atoms with Gasteiger partial charge in [-0.1, -0.05) is 48.5 Å². The Labute approximate surface area is 182 Å². The molecule has 1 amide bonds. The molecule has 3 aromatic rings. The molecule has 0 saturated heterocycles. The molecule has 0 radical (unpaired) electrons. The van der Waals surface area contributed by atoms with Crippen LogP contribution in [0.5, 0.6) is 5.75 Å². The van der Waals surface area contributed by atoms with Crippen molar-refractivity contribution in [3.05, 3.63) is 100 Å². The van der Waals surface area contributed by atoms with E-state index >= 15 is 0 Å². The fraction of sp³-hybridized carbons (Fsp3) is 0.0417. The highest BCUT2D eigenvalue weighted by molar-refractivity contribution is 9.10. The lowest BCUT2D eigenvalue weighted by atomic mass is 10.1. The summed E-state index contributed by atoms with van der Waals surface area (Å²) in [5.74, 6) is -0.350. The molecule has 148 valence electrons. The number of hydrazone groups is 1. The summed E-state index contributed by atoms with van der Waals surface area (Å²) in [4.78, 5) is 25.6. The Hall–Kier alpha value is -3.51. The average Bonchev–Trinajstić information content (AvgIpc) is 3.04. The summed E-state index contributed by atoms with van der Waals surface area (Å²) in [7, 11) is 0. The van der Waals surface area contributed by atoms with Crippen molar-refractivity contribution in [3.8, 4) is 5.75 Å². The number of hydrogen-bond acceptors (Lipinski definition) is 4. The molecule has 1 aliphatic heterocycles. The highest BCUT2D eigenvalue weighted by atomic mass is 79.9. The van der Waals surface area contributed by atoms with Gasteiger partial charge in [0.25, 0.3) is 5.91 Å². The van der Waals surface area contributed by atoms with Gasteiger partial charge in [0.05, 0.1) is 22.5 Å². The molecule has 6 heteroatoms. The van der Waals surface area contributed by atoms with Gasteiger partial charge in [-0.3, -0.25) is 4.79 Å². The van der Waals surface area contributed by atoms with Gasteiger partial charge in [0.15, 0.2) is 0 Å². The molecule has 4 rings (SSSR count). The Balaban J connectivity index is 1.64. The summed E-state index contributed by atoms with van der Waals surface area (Å²) in [6, 6.07) is 23.4. The summed E-state index contributed by atoms with van der Waals surface area (Å²) in [6.07, 6.45) is 1.70. The Morgan fingerprint density at radius 3 is 2.40 bits per heavy atom. The minimum atomic E-state index is -0.484. The first-order valence-corrected chi connectivity index (χ1v) is 10.1. The maximum Gasteiger partial charge on any atom is 0.344 e. The first-order valence-electron chi connectivity index (χ1n) is 9.27. The molecule has 0 bridgehead atoms. The monoisotopic (exact) mass is 460 g/mol. The molecule has 0 unspecified atom stereocenters. The number of anilines is 1. The molecule has 0 atom stereocenters. The predicted molar refractivity (Wildman–Crippen MR) is 121 cm³/mol. The van der Waals surface area contributed by atoms with Crippen molar-refractivity contribution < 1.29 is 14.3 Å². The van der Waals surface area contributed by atoms with Gasteiger partial charge in [0.1, 0.15) is 5.75 Å². The van der Waals surface area contributed by atoms with E-state index in [0.29, 0.717) is 38.3 Å². The first-order chi connectivity index (χ1) is 14.5. The van der Waals surface area contributed by atoms with Crippen LogP contribution in [-0.4, -0.2) is 17.6 Å². The van der Waals surface area contributed by atoms with E-state index in [1.54, 1.807) is 49.4 Å². The van der Waals surface area contributed by atoms with Gasteiger partial charge in [0.2, 0.25) is 0 Å². The van der Waals surface area contributed by atoms with Crippen LogP contribution in [0, 0.1) is 0 Å². The van der Waals surface area contributed by atoms with Crippen LogP contribution in [0.2, 0.25) is 0 Å². The van der Waals surface area contributed by atoms with Crippen LogP contribution in [-0.2, 0) is 4.79 Å². The van der Waals surface area contributed by atoms with Crippen molar-refractivity contribution in [2.24, 2.45) is 5.10 Å². The molecule has 0 N–H and O–H groups in total. The van der Waals surface area contributed by atoms with Crippen LogP contribution in [0.3, 0.4) is 0 Å². The topological polar surface area (TPSA) is 59.0 Å². The molecule has 0 fully saturated rings. The highest BCUT2D eigenvalue weighted by Crippen LogP contribution is 2.28. The van der Waals surface area contributed by atoms with E-state index in [1.165, 1.54) is 5.01 Å². The second kappa shape index (κ2) is 8.47. The minimum absolute atomic E-state index is 0.231. The number of carbonyl (C=O) groups is 2. The Kier molecular flexibility index (Phi) is 5.59. The zero-order valence-corrected chi connectivity index (χ0v) is 17.7. The number of hydrogen-bond donors (Lipinski definition) is 0. The van der Waals surface area contributed by atoms with E-state index in [1.807, 2.05) is 42.5 Å². The van der Waals surface area contributed by atoms with Crippen LogP contribution in [0.1, 0.15) is 22.8 Å². The molecular formula is C24H17BrN2O3. The van der Waals surface area contributed by atoms with Crippen molar-refractivity contribution >= 4 is 45.3 Å². The molecule has 1 heterocycles. The van der Waals surface area contributed by atoms with E-state index in [0.717, 1.165) is 0 Å². The number of nitrogens with zero attached hydrogens (tertiary/aromatic N) is 2. The van der Waals surface area contributed by atoms with Crippen molar-refractivity contribution in [2.45, 2.75) is 6.92 Å². The number of esters is 1. The maximum absolute atomic E-state index is 12.9. The van der Waals surface area contributed by atoms with E-state index in [-0.39, 0.29) is 5.91 Å². The number of rotatable bonds is 4. The number of benzene rings is 3. The first kappa shape index (κ1) is 19.8. The van der Waals surface area contributed by atoms with E-state index < -0.39 is 5.97 Å². The van der Waals surface area contributed by atoms with E-state index in [9.17, 15) is 9.59 Å². The van der Waals surface area contributed by atoms with E-state index in [4.69, 9.17) is 4.74 Å². The number of halogens is 1. The number of amides is 1. The van der Waals surface area contributed by atoms with Crippen LogP contribution < -0.4 is 9.75 Å². The van der Waals surface area contributed by atoms with Crippen molar-refractivity contribution in [2.75, 3.05) is 5.01 Å². The number of carbonyl (C=O) groups excluding carboxylic acids is 2. The molecule has 3 aromatic carbocycles. The van der Waals surface area contributed by atoms with E-state index in [2.05, 4.69) is 21.0 Å². The van der Waals surface area contributed by atoms with Crippen LogP contribution >= 0.6 is 15.9 Å². The molecule has 1 aliphatic rings. The van der Waals surface area contributed by atoms with Gasteiger partial charge in [-0.2, -0.15) is 10.1 Å². The standard InChI is InChI=1S/C24H17BrN2O3/c1-16-20(23(28)27(26-16)18-10-3-2-4-11-18)15-17-9-5-8-14-22(17)30-24(29)19-12-6-7-13-21(19)25/h2-15H,1H3/b20-15-. The molecule has 0 aliphatic carbocycles. The summed E-state index contributed by atoms with van der Waals surface area (Å²) in [6.45, 7) is 1.78. The molecule has 0 spiro atoms. The van der Waals surface area contributed by atoms with Gasteiger partial charge in [0, 0.05) is 10.0 Å². The Bertz CT molecular complexity index is 1190. The van der Waals surface area contributed by atoms with Gasteiger partial charge in [-0.05, 0) is 59.3 Å². The van der Waals surface area contributed by atoms with Gasteiger partial charge in [-0.15, -0.1) is 0 Å². The average molecular weight is 461 g/mol. The fourth-order valence-corrected chi connectivity index (χ4v) is 3.50. The highest BCUT2D eigenvalue weighted by Gasteiger charge is 2.29. The number of ether oxygens (including phenoxy) is 1. The smallest absolute Gasteiger partial charge is 0.344 e. The molecule has 5 nitrogen and oxygen atoms in total. The second-order valence-corrected chi connectivity index (χ2v) is 7.46. The summed E-state index contributed by atoms with van der Waals surface area (Å²) >= 11 is 3.37. The van der Waals surface area contributed by atoms with Gasteiger partial charge < -0.3 is 4.74 Å². The maximum atomic E-state index is 12.9. The third kappa shape index (κ3) is 3.95. The predicted octanol–water partition coefficient (Wildman–Crippen LogP) is 5.47. The second-order valence-electron chi connectivity index (χ2n) is 6.60. The summed E-state index contributed by atoms with van der Waals surface area (Å²) in [5, 5.41) is 5.76. The third-order valence-electron chi connectivity index (χ3n) is 4.58. The lowest BCUT2D eigenvalue weighted by Gasteiger charge is -2.11. The number of para-hydroxylation sites is 2. The SMILES string of the molecule is CC1=NN(c2ccccc2)C(=O)/C1=C\c1ccccc1OC(=O)c1ccccc1Br. The Morgan fingerprint density at radius 1 is 0.967 bits per heavy atom. The summed E-state index contributed by atoms with van der Waals surface area (Å²) in [5.41, 5.74) is 2.77. The van der Waals surface area contributed by atoms with Crippen molar-refractivity contribution in [3.63, 3.8) is 0 Å². The zero-order chi connectivity index (χ0) is 21.1. The van der Waals surface area contributed by atoms with Gasteiger partial charge in [-0.25, -0.2) is 4.79 Å². The molecule has 0 aromatic heterocycles. The van der Waals surface area contributed by atoms with Crippen LogP contribution in [0.25, 0.3) is 6.08 Å². The molecule has 30 heavy (non-hydrogen) atoms. The third-order valence-corrected chi connectivity index (χ3v) is 5.27. The lowest BCUT2D eigenvalue weighted by molar-refractivity contribution is -0.114. The largest absolute Gasteiger partial charge is 0.422 e. The van der Waals surface area contributed by atoms with Crippen LogP contribution in [0.15, 0.2) is 94.0 Å². The molecule has 0 saturated carbocycles. The normalized spacial score (nSPS) is 14.7. The van der Waals surface area contributed by atoms with Gasteiger partial charge >= 0.3 is 5.97 Å². The van der Waals surface area contributed by atoms with Crippen molar-refractivity contribution in [1.29, 1.82) is 0 Å². The quantitative estimate of drug-likeness (QED) is 0.294. The molecular weight excluding hydrogens is 444 g/mol. The lowest BCUT2D eigenvalue weighted by Crippen LogP contribution is -2.21. The van der Waals surface area contributed by atoms with Crippen molar-refractivity contribution in [1.82, 2.24) is 0 Å². The van der Waals surface area contributed by atoms with Crippen LogP contribution in [0.4, 0.5) is 5.69 Å². The minimum Gasteiger partial charge on any atom is -0.422 e. The fourth-order valence-electron chi connectivity index (χ4n) is 3.06. The summed E-state index contributed by atoms with van der Waals surface area (Å²) < 4.78 is 6.28.